The van der Waals surface area contributed by atoms with Crippen LogP contribution in [0.15, 0.2) is 46.9 Å². The van der Waals surface area contributed by atoms with Crippen molar-refractivity contribution >= 4 is 44.9 Å². The first-order valence-electron chi connectivity index (χ1n) is 6.47. The van der Waals surface area contributed by atoms with Gasteiger partial charge in [-0.2, -0.15) is 0 Å². The minimum atomic E-state index is -0.140. The highest BCUT2D eigenvalue weighted by atomic mass is 79.9. The number of hydrogen-bond donors (Lipinski definition) is 0. The Morgan fingerprint density at radius 3 is 2.71 bits per heavy atom. The van der Waals surface area contributed by atoms with Crippen molar-refractivity contribution in [2.24, 2.45) is 0 Å². The van der Waals surface area contributed by atoms with Gasteiger partial charge in [0.05, 0.1) is 11.3 Å². The van der Waals surface area contributed by atoms with Gasteiger partial charge in [-0.3, -0.25) is 9.59 Å². The molecule has 106 valence electrons. The van der Waals surface area contributed by atoms with Crippen molar-refractivity contribution in [3.63, 3.8) is 0 Å². The van der Waals surface area contributed by atoms with Crippen LogP contribution >= 0.6 is 27.5 Å². The Kier molecular flexibility index (Phi) is 3.83. The Bertz CT molecular complexity index is 745. The van der Waals surface area contributed by atoms with Gasteiger partial charge in [-0.15, -0.1) is 0 Å². The highest BCUT2D eigenvalue weighted by Gasteiger charge is 2.28. The van der Waals surface area contributed by atoms with E-state index < -0.39 is 0 Å². The van der Waals surface area contributed by atoms with Gasteiger partial charge in [0, 0.05) is 28.0 Å². The number of hydrogen-bond acceptors (Lipinski definition) is 2. The maximum Gasteiger partial charge on any atom is 0.259 e. The Hall–Kier alpha value is -1.65. The van der Waals surface area contributed by atoms with Gasteiger partial charge in [0.1, 0.15) is 0 Å². The molecule has 0 fully saturated rings. The fraction of sp³-hybridized carbons (Fsp3) is 0.125. The minimum absolute atomic E-state index is 0.0397. The first-order valence-corrected chi connectivity index (χ1v) is 7.64. The maximum absolute atomic E-state index is 12.7. The molecular weight excluding hydrogens is 354 g/mol. The molecule has 0 N–H and O–H groups in total. The maximum atomic E-state index is 12.7. The van der Waals surface area contributed by atoms with E-state index in [1.807, 2.05) is 18.2 Å². The summed E-state index contributed by atoms with van der Waals surface area (Å²) in [5.41, 5.74) is 1.70. The normalized spacial score (nSPS) is 14.0. The molecule has 0 saturated heterocycles. The quantitative estimate of drug-likeness (QED) is 0.755. The van der Waals surface area contributed by atoms with Gasteiger partial charge in [0.2, 0.25) is 0 Å². The molecule has 0 bridgehead atoms. The first kappa shape index (κ1) is 14.3. The van der Waals surface area contributed by atoms with Crippen LogP contribution in [0.5, 0.6) is 0 Å². The van der Waals surface area contributed by atoms with Gasteiger partial charge in [-0.05, 0) is 46.3 Å². The van der Waals surface area contributed by atoms with Crippen LogP contribution in [0.3, 0.4) is 0 Å². The summed E-state index contributed by atoms with van der Waals surface area (Å²) in [4.78, 5) is 26.3. The molecule has 1 amide bonds. The largest absolute Gasteiger partial charge is 0.307 e. The molecule has 0 spiro atoms. The molecule has 0 unspecified atom stereocenters. The molecule has 0 atom stereocenters. The van der Waals surface area contributed by atoms with Gasteiger partial charge in [-0.1, -0.05) is 23.7 Å². The SMILES string of the molecule is O=C1CCN(C(=O)c2ccccc2Br)c2cc(Cl)ccc21. The van der Waals surface area contributed by atoms with E-state index in [-0.39, 0.29) is 11.7 Å². The number of benzene rings is 2. The summed E-state index contributed by atoms with van der Waals surface area (Å²) < 4.78 is 0.732. The highest BCUT2D eigenvalue weighted by Crippen LogP contribution is 2.32. The third-order valence-corrected chi connectivity index (χ3v) is 4.39. The zero-order valence-corrected chi connectivity index (χ0v) is 13.3. The van der Waals surface area contributed by atoms with Crippen molar-refractivity contribution in [2.45, 2.75) is 6.42 Å². The number of carbonyl (C=O) groups excluding carboxylic acids is 2. The summed E-state index contributed by atoms with van der Waals surface area (Å²) in [7, 11) is 0. The molecule has 3 nitrogen and oxygen atoms in total. The Labute approximate surface area is 135 Å². The third-order valence-electron chi connectivity index (χ3n) is 3.46. The van der Waals surface area contributed by atoms with Crippen LogP contribution in [-0.2, 0) is 0 Å². The predicted molar refractivity (Wildman–Crippen MR) is 86.2 cm³/mol. The summed E-state index contributed by atoms with van der Waals surface area (Å²) in [6.45, 7) is 0.367. The Balaban J connectivity index is 2.07. The lowest BCUT2D eigenvalue weighted by atomic mass is 9.99. The predicted octanol–water partition coefficient (Wildman–Crippen LogP) is 4.34. The van der Waals surface area contributed by atoms with Gasteiger partial charge in [-0.25, -0.2) is 0 Å². The molecule has 1 aliphatic heterocycles. The Morgan fingerprint density at radius 1 is 1.19 bits per heavy atom. The fourth-order valence-electron chi connectivity index (χ4n) is 2.42. The second kappa shape index (κ2) is 5.62. The van der Waals surface area contributed by atoms with Crippen LogP contribution in [0.1, 0.15) is 27.1 Å². The number of anilines is 1. The van der Waals surface area contributed by atoms with E-state index in [4.69, 9.17) is 11.6 Å². The third kappa shape index (κ3) is 2.61. The van der Waals surface area contributed by atoms with Crippen LogP contribution in [0.2, 0.25) is 5.02 Å². The standard InChI is InChI=1S/C16H11BrClNO2/c17-13-4-2-1-3-11(13)16(21)19-8-7-15(20)12-6-5-10(18)9-14(12)19/h1-6,9H,7-8H2. The van der Waals surface area contributed by atoms with E-state index in [0.717, 1.165) is 4.47 Å². The van der Waals surface area contributed by atoms with Crippen molar-refractivity contribution in [3.8, 4) is 0 Å². The lowest BCUT2D eigenvalue weighted by molar-refractivity contribution is 0.0955. The highest BCUT2D eigenvalue weighted by molar-refractivity contribution is 9.10. The number of halogens is 2. The van der Waals surface area contributed by atoms with Crippen LogP contribution in [-0.4, -0.2) is 18.2 Å². The van der Waals surface area contributed by atoms with E-state index in [1.165, 1.54) is 0 Å². The number of amides is 1. The molecule has 5 heteroatoms. The van der Waals surface area contributed by atoms with Crippen molar-refractivity contribution in [2.75, 3.05) is 11.4 Å². The summed E-state index contributed by atoms with van der Waals surface area (Å²) >= 11 is 9.40. The lowest BCUT2D eigenvalue weighted by Gasteiger charge is -2.29. The molecule has 0 aliphatic carbocycles. The number of carbonyl (C=O) groups is 2. The van der Waals surface area contributed by atoms with Gasteiger partial charge < -0.3 is 4.90 Å². The van der Waals surface area contributed by atoms with Gasteiger partial charge in [0.25, 0.3) is 5.91 Å². The molecule has 3 rings (SSSR count). The molecule has 2 aromatic carbocycles. The molecule has 0 radical (unpaired) electrons. The molecule has 1 aliphatic rings. The van der Waals surface area contributed by atoms with Gasteiger partial charge in [0.15, 0.2) is 5.78 Å². The zero-order valence-electron chi connectivity index (χ0n) is 11.0. The first-order chi connectivity index (χ1) is 10.1. The second-order valence-electron chi connectivity index (χ2n) is 4.77. The van der Waals surface area contributed by atoms with E-state index >= 15 is 0 Å². The molecule has 1 heterocycles. The summed E-state index contributed by atoms with van der Waals surface area (Å²) in [5, 5.41) is 0.508. The smallest absolute Gasteiger partial charge is 0.259 e. The number of ketones is 1. The minimum Gasteiger partial charge on any atom is -0.307 e. The van der Waals surface area contributed by atoms with Gasteiger partial charge >= 0.3 is 0 Å². The number of fused-ring (bicyclic) bond motifs is 1. The topological polar surface area (TPSA) is 37.4 Å². The summed E-state index contributed by atoms with van der Waals surface area (Å²) in [6.07, 6.45) is 0.324. The molecular formula is C16H11BrClNO2. The fourth-order valence-corrected chi connectivity index (χ4v) is 3.04. The summed E-state index contributed by atoms with van der Waals surface area (Å²) in [6, 6.07) is 12.3. The van der Waals surface area contributed by atoms with E-state index in [0.29, 0.717) is 34.8 Å². The van der Waals surface area contributed by atoms with E-state index in [2.05, 4.69) is 15.9 Å². The summed E-state index contributed by atoms with van der Waals surface area (Å²) in [5.74, 6) is -0.101. The van der Waals surface area contributed by atoms with E-state index in [9.17, 15) is 9.59 Å². The van der Waals surface area contributed by atoms with E-state index in [1.54, 1.807) is 29.2 Å². The van der Waals surface area contributed by atoms with Crippen LogP contribution < -0.4 is 4.90 Å². The van der Waals surface area contributed by atoms with Crippen molar-refractivity contribution in [3.05, 3.63) is 63.1 Å². The molecule has 21 heavy (non-hydrogen) atoms. The lowest BCUT2D eigenvalue weighted by Crippen LogP contribution is -2.37. The molecule has 0 saturated carbocycles. The van der Waals surface area contributed by atoms with Crippen LogP contribution in [0, 0.1) is 0 Å². The Morgan fingerprint density at radius 2 is 1.95 bits per heavy atom. The number of Topliss-reactive ketones (excluding diaryl/α,β-unsaturated/α-hetero) is 1. The number of rotatable bonds is 1. The average Bonchev–Trinajstić information content (AvgIpc) is 2.47. The average molecular weight is 365 g/mol. The van der Waals surface area contributed by atoms with Crippen molar-refractivity contribution in [1.82, 2.24) is 0 Å². The monoisotopic (exact) mass is 363 g/mol. The zero-order chi connectivity index (χ0) is 15.0. The van der Waals surface area contributed by atoms with Crippen LogP contribution in [0.4, 0.5) is 5.69 Å². The van der Waals surface area contributed by atoms with Crippen molar-refractivity contribution in [1.29, 1.82) is 0 Å². The van der Waals surface area contributed by atoms with Crippen molar-refractivity contribution < 1.29 is 9.59 Å². The number of nitrogens with zero attached hydrogens (tertiary/aromatic N) is 1. The molecule has 0 aromatic heterocycles. The molecule has 2 aromatic rings. The second-order valence-corrected chi connectivity index (χ2v) is 6.06. The van der Waals surface area contributed by atoms with Crippen LogP contribution in [0.25, 0.3) is 0 Å².